The Balaban J connectivity index is 2.42. The molecule has 0 fully saturated rings. The van der Waals surface area contributed by atoms with Crippen LogP contribution in [-0.4, -0.2) is 24.2 Å². The van der Waals surface area contributed by atoms with Gasteiger partial charge in [-0.3, -0.25) is 4.79 Å². The van der Waals surface area contributed by atoms with Gasteiger partial charge in [0.2, 0.25) is 0 Å². The number of aliphatic carboxylic acids is 1. The topological polar surface area (TPSA) is 75.3 Å². The Hall–Kier alpha value is -1.91. The van der Waals surface area contributed by atoms with Gasteiger partial charge in [0.15, 0.2) is 0 Å². The highest BCUT2D eigenvalue weighted by molar-refractivity contribution is 5.83. The van der Waals surface area contributed by atoms with Gasteiger partial charge in [-0.1, -0.05) is 36.4 Å². The first-order chi connectivity index (χ1) is 8.63. The first-order valence-electron chi connectivity index (χ1n) is 5.78. The average molecular weight is 244 g/mol. The number of rotatable bonds is 4. The van der Waals surface area contributed by atoms with Crippen LogP contribution in [0.25, 0.3) is 10.8 Å². The minimum absolute atomic E-state index is 0.396. The molecule has 2 aromatic rings. The zero-order chi connectivity index (χ0) is 13.1. The van der Waals surface area contributed by atoms with Gasteiger partial charge in [-0.2, -0.15) is 0 Å². The Labute approximate surface area is 105 Å². The molecule has 4 N–H and O–H groups in total. The molecule has 0 radical (unpaired) electrons. The first kappa shape index (κ1) is 12.5. The van der Waals surface area contributed by atoms with Crippen molar-refractivity contribution in [3.63, 3.8) is 0 Å². The maximum absolute atomic E-state index is 11.0. The van der Waals surface area contributed by atoms with Crippen LogP contribution in [0.2, 0.25) is 0 Å². The predicted molar refractivity (Wildman–Crippen MR) is 71.4 cm³/mol. The summed E-state index contributed by atoms with van der Waals surface area (Å²) in [5.74, 6) is -1.01. The average Bonchev–Trinajstić information content (AvgIpc) is 2.39. The van der Waals surface area contributed by atoms with E-state index in [1.54, 1.807) is 7.05 Å². The maximum Gasteiger partial charge on any atom is 0.322 e. The second kappa shape index (κ2) is 5.16. The van der Waals surface area contributed by atoms with Gasteiger partial charge in [0.25, 0.3) is 0 Å². The van der Waals surface area contributed by atoms with Crippen molar-refractivity contribution in [3.05, 3.63) is 48.0 Å². The van der Waals surface area contributed by atoms with E-state index in [0.29, 0.717) is 0 Å². The summed E-state index contributed by atoms with van der Waals surface area (Å²) in [5, 5.41) is 14.2. The molecular weight excluding hydrogens is 228 g/mol. The van der Waals surface area contributed by atoms with E-state index in [4.69, 9.17) is 10.8 Å². The van der Waals surface area contributed by atoms with Gasteiger partial charge < -0.3 is 16.2 Å². The molecule has 2 aromatic carbocycles. The van der Waals surface area contributed by atoms with Gasteiger partial charge in [-0.25, -0.2) is 0 Å². The molecule has 0 heterocycles. The summed E-state index contributed by atoms with van der Waals surface area (Å²) in [7, 11) is 1.71. The van der Waals surface area contributed by atoms with Gasteiger partial charge in [0.1, 0.15) is 6.04 Å². The highest BCUT2D eigenvalue weighted by atomic mass is 16.4. The molecule has 18 heavy (non-hydrogen) atoms. The Morgan fingerprint density at radius 2 is 1.89 bits per heavy atom. The normalized spacial score (nSPS) is 14.3. The van der Waals surface area contributed by atoms with Gasteiger partial charge in [-0.05, 0) is 29.4 Å². The number of carboxylic acid groups (broad SMARTS) is 1. The number of carbonyl (C=O) groups is 1. The maximum atomic E-state index is 11.0. The molecule has 2 atom stereocenters. The van der Waals surface area contributed by atoms with Crippen molar-refractivity contribution in [1.82, 2.24) is 5.32 Å². The lowest BCUT2D eigenvalue weighted by molar-refractivity contribution is -0.139. The van der Waals surface area contributed by atoms with E-state index in [1.807, 2.05) is 42.5 Å². The number of likely N-dealkylation sites (N-methyl/N-ethyl adjacent to an activating group) is 1. The van der Waals surface area contributed by atoms with Crippen LogP contribution in [0.15, 0.2) is 42.5 Å². The monoisotopic (exact) mass is 244 g/mol. The molecule has 0 aliphatic carbocycles. The van der Waals surface area contributed by atoms with Crippen molar-refractivity contribution in [2.75, 3.05) is 7.05 Å². The van der Waals surface area contributed by atoms with Crippen LogP contribution in [0.5, 0.6) is 0 Å². The molecule has 0 spiro atoms. The van der Waals surface area contributed by atoms with Crippen molar-refractivity contribution in [1.29, 1.82) is 0 Å². The fourth-order valence-corrected chi connectivity index (χ4v) is 2.10. The van der Waals surface area contributed by atoms with Crippen LogP contribution < -0.4 is 11.1 Å². The lowest BCUT2D eigenvalue weighted by Crippen LogP contribution is -2.42. The third-order valence-electron chi connectivity index (χ3n) is 3.09. The fourth-order valence-electron chi connectivity index (χ4n) is 2.10. The van der Waals surface area contributed by atoms with Gasteiger partial charge >= 0.3 is 5.97 Å². The summed E-state index contributed by atoms with van der Waals surface area (Å²) >= 11 is 0. The highest BCUT2D eigenvalue weighted by Gasteiger charge is 2.24. The lowest BCUT2D eigenvalue weighted by Gasteiger charge is -2.21. The Bertz CT molecular complexity index is 568. The van der Waals surface area contributed by atoms with E-state index in [0.717, 1.165) is 16.3 Å². The van der Waals surface area contributed by atoms with E-state index in [2.05, 4.69) is 5.32 Å². The standard InChI is InChI=1S/C14H16N2O2/c1-16-13(12(15)14(17)18)11-7-6-9-4-2-3-5-10(9)8-11/h2-8,12-13,16H,15H2,1H3,(H,17,18). The van der Waals surface area contributed by atoms with Crippen LogP contribution >= 0.6 is 0 Å². The molecule has 0 aliphatic heterocycles. The number of benzene rings is 2. The number of fused-ring (bicyclic) bond motifs is 1. The number of carboxylic acids is 1. The highest BCUT2D eigenvalue weighted by Crippen LogP contribution is 2.21. The molecule has 0 aliphatic rings. The predicted octanol–water partition coefficient (Wildman–Crippen LogP) is 1.51. The van der Waals surface area contributed by atoms with Crippen molar-refractivity contribution < 1.29 is 9.90 Å². The Morgan fingerprint density at radius 3 is 2.50 bits per heavy atom. The summed E-state index contributed by atoms with van der Waals surface area (Å²) in [4.78, 5) is 11.0. The summed E-state index contributed by atoms with van der Waals surface area (Å²) in [6.07, 6.45) is 0. The summed E-state index contributed by atoms with van der Waals surface area (Å²) < 4.78 is 0. The van der Waals surface area contributed by atoms with Gasteiger partial charge in [-0.15, -0.1) is 0 Å². The van der Waals surface area contributed by atoms with Crippen molar-refractivity contribution >= 4 is 16.7 Å². The number of hydrogen-bond donors (Lipinski definition) is 3. The largest absolute Gasteiger partial charge is 0.480 e. The van der Waals surface area contributed by atoms with Crippen LogP contribution in [0.4, 0.5) is 0 Å². The molecule has 2 unspecified atom stereocenters. The zero-order valence-corrected chi connectivity index (χ0v) is 10.1. The van der Waals surface area contributed by atoms with E-state index in [1.165, 1.54) is 0 Å². The Morgan fingerprint density at radius 1 is 1.22 bits per heavy atom. The molecule has 4 heteroatoms. The van der Waals surface area contributed by atoms with E-state index in [9.17, 15) is 4.79 Å². The van der Waals surface area contributed by atoms with Crippen molar-refractivity contribution in [2.45, 2.75) is 12.1 Å². The minimum Gasteiger partial charge on any atom is -0.480 e. The molecule has 0 bridgehead atoms. The molecular formula is C14H16N2O2. The van der Waals surface area contributed by atoms with E-state index in [-0.39, 0.29) is 0 Å². The van der Waals surface area contributed by atoms with E-state index < -0.39 is 18.1 Å². The van der Waals surface area contributed by atoms with Crippen LogP contribution in [0.3, 0.4) is 0 Å². The minimum atomic E-state index is -1.01. The fraction of sp³-hybridized carbons (Fsp3) is 0.214. The van der Waals surface area contributed by atoms with Gasteiger partial charge in [0.05, 0.1) is 6.04 Å². The third kappa shape index (κ3) is 2.34. The first-order valence-corrected chi connectivity index (χ1v) is 5.78. The molecule has 0 saturated carbocycles. The quantitative estimate of drug-likeness (QED) is 0.762. The van der Waals surface area contributed by atoms with Crippen LogP contribution in [-0.2, 0) is 4.79 Å². The molecule has 0 saturated heterocycles. The number of hydrogen-bond acceptors (Lipinski definition) is 3. The third-order valence-corrected chi connectivity index (χ3v) is 3.09. The van der Waals surface area contributed by atoms with Crippen LogP contribution in [0, 0.1) is 0 Å². The Kier molecular flexibility index (Phi) is 3.60. The molecule has 0 aromatic heterocycles. The molecule has 2 rings (SSSR count). The van der Waals surface area contributed by atoms with Crippen molar-refractivity contribution in [3.8, 4) is 0 Å². The summed E-state index contributed by atoms with van der Waals surface area (Å²) in [6, 6.07) is 12.4. The molecule has 94 valence electrons. The second-order valence-electron chi connectivity index (χ2n) is 4.24. The lowest BCUT2D eigenvalue weighted by atomic mass is 9.97. The molecule has 4 nitrogen and oxygen atoms in total. The summed E-state index contributed by atoms with van der Waals surface area (Å²) in [5.41, 5.74) is 6.57. The smallest absolute Gasteiger partial charge is 0.322 e. The van der Waals surface area contributed by atoms with Gasteiger partial charge in [0, 0.05) is 0 Å². The zero-order valence-electron chi connectivity index (χ0n) is 10.1. The SMILES string of the molecule is CNC(c1ccc2ccccc2c1)C(N)C(=O)O. The number of nitrogens with two attached hydrogens (primary N) is 1. The van der Waals surface area contributed by atoms with E-state index >= 15 is 0 Å². The summed E-state index contributed by atoms with van der Waals surface area (Å²) in [6.45, 7) is 0. The van der Waals surface area contributed by atoms with Crippen molar-refractivity contribution in [2.24, 2.45) is 5.73 Å². The molecule has 0 amide bonds. The van der Waals surface area contributed by atoms with Crippen LogP contribution in [0.1, 0.15) is 11.6 Å². The second-order valence-corrected chi connectivity index (χ2v) is 4.24. The number of nitrogens with one attached hydrogen (secondary N) is 1.